The Balaban J connectivity index is 0.000000701. The number of benzene rings is 1. The Morgan fingerprint density at radius 2 is 1.80 bits per heavy atom. The molecule has 0 fully saturated rings. The Hall–Kier alpha value is -3.06. The fourth-order valence-electron chi connectivity index (χ4n) is 1.73. The minimum absolute atomic E-state index is 0.0642. The van der Waals surface area contributed by atoms with Gasteiger partial charge in [0.2, 0.25) is 0 Å². The predicted molar refractivity (Wildman–Crippen MR) is 87.2 cm³/mol. The molecule has 130 valence electrons. The van der Waals surface area contributed by atoms with Crippen LogP contribution in [0.4, 0.5) is 14.5 Å². The van der Waals surface area contributed by atoms with Gasteiger partial charge in [-0.1, -0.05) is 6.07 Å². The smallest absolute Gasteiger partial charge is 0.271 e. The molecule has 0 aliphatic carbocycles. The number of aryl methyl sites for hydroxylation is 1. The van der Waals surface area contributed by atoms with E-state index in [-0.39, 0.29) is 5.78 Å². The first kappa shape index (κ1) is 18.3. The van der Waals surface area contributed by atoms with Crippen molar-refractivity contribution >= 4 is 21.5 Å². The van der Waals surface area contributed by atoms with Crippen LogP contribution in [0.3, 0.4) is 0 Å². The maximum Gasteiger partial charge on any atom is 0.299 e. The number of para-hydroxylation sites is 1. The molecular formula is C15H13F2N5O2S. The van der Waals surface area contributed by atoms with Crippen LogP contribution in [0, 0.1) is 30.9 Å². The molecule has 1 N–H and O–H groups in total. The first-order valence-electron chi connectivity index (χ1n) is 6.82. The largest absolute Gasteiger partial charge is 0.299 e. The third-order valence-electron chi connectivity index (χ3n) is 2.77. The highest BCUT2D eigenvalue weighted by atomic mass is 32.2. The number of nitrogens with one attached hydrogen (secondary N) is 1. The van der Waals surface area contributed by atoms with Gasteiger partial charge in [0, 0.05) is 11.9 Å². The summed E-state index contributed by atoms with van der Waals surface area (Å²) in [6.07, 6.45) is 6.08. The summed E-state index contributed by atoms with van der Waals surface area (Å²) >= 11 is 0. The van der Waals surface area contributed by atoms with Crippen molar-refractivity contribution in [2.45, 2.75) is 19.0 Å². The van der Waals surface area contributed by atoms with Gasteiger partial charge in [-0.2, -0.15) is 13.4 Å². The number of hydrogen-bond donors (Lipinski definition) is 1. The minimum Gasteiger partial charge on any atom is -0.271 e. The quantitative estimate of drug-likeness (QED) is 0.719. The van der Waals surface area contributed by atoms with Crippen molar-refractivity contribution in [1.29, 1.82) is 0 Å². The molecule has 0 aliphatic rings. The van der Waals surface area contributed by atoms with E-state index < -0.39 is 32.5 Å². The molecule has 0 atom stereocenters. The van der Waals surface area contributed by atoms with Crippen molar-refractivity contribution in [1.82, 2.24) is 19.6 Å². The standard InChI is InChI=1S/C12H9F2N5O2S.C3H4/c1-7-5-6-19-11(15-7)16-12(17-19)22(20,21)18-10-8(13)3-2-4-9(10)14;1-3-2/h2-6,18H,1H3;1H,2H3. The van der Waals surface area contributed by atoms with E-state index in [9.17, 15) is 17.2 Å². The highest BCUT2D eigenvalue weighted by Crippen LogP contribution is 2.21. The second kappa shape index (κ2) is 7.23. The second-order valence-corrected chi connectivity index (χ2v) is 6.27. The Morgan fingerprint density at radius 3 is 2.40 bits per heavy atom. The molecule has 3 aromatic rings. The summed E-state index contributed by atoms with van der Waals surface area (Å²) in [5.74, 6) is 0.233. The van der Waals surface area contributed by atoms with E-state index in [1.165, 1.54) is 6.20 Å². The third-order valence-corrected chi connectivity index (χ3v) is 3.89. The van der Waals surface area contributed by atoms with E-state index in [4.69, 9.17) is 0 Å². The molecule has 2 heterocycles. The number of fused-ring (bicyclic) bond motifs is 1. The van der Waals surface area contributed by atoms with Crippen molar-refractivity contribution in [2.75, 3.05) is 4.72 Å². The molecular weight excluding hydrogens is 352 g/mol. The fourth-order valence-corrected chi connectivity index (χ4v) is 2.69. The SMILES string of the molecule is C#CC.Cc1ccn2nc(S(=O)(=O)Nc3c(F)cccc3F)nc2n1. The molecule has 7 nitrogen and oxygen atoms in total. The predicted octanol–water partition coefficient (Wildman–Crippen LogP) is 2.15. The summed E-state index contributed by atoms with van der Waals surface area (Å²) in [6.45, 7) is 3.36. The molecule has 2 aromatic heterocycles. The molecule has 0 radical (unpaired) electrons. The number of anilines is 1. The van der Waals surface area contributed by atoms with E-state index in [1.54, 1.807) is 24.6 Å². The summed E-state index contributed by atoms with van der Waals surface area (Å²) in [5.41, 5.74) is -0.164. The minimum atomic E-state index is -4.35. The van der Waals surface area contributed by atoms with Crippen molar-refractivity contribution < 1.29 is 17.2 Å². The molecule has 0 spiro atoms. The number of nitrogens with zero attached hydrogens (tertiary/aromatic N) is 4. The van der Waals surface area contributed by atoms with Crippen LogP contribution in [0.25, 0.3) is 5.78 Å². The van der Waals surface area contributed by atoms with Gasteiger partial charge < -0.3 is 0 Å². The van der Waals surface area contributed by atoms with E-state index >= 15 is 0 Å². The summed E-state index contributed by atoms with van der Waals surface area (Å²) in [7, 11) is -4.35. The van der Waals surface area contributed by atoms with Gasteiger partial charge >= 0.3 is 0 Å². The lowest BCUT2D eigenvalue weighted by Gasteiger charge is -2.06. The molecule has 10 heteroatoms. The zero-order chi connectivity index (χ0) is 18.6. The van der Waals surface area contributed by atoms with Gasteiger partial charge in [0.05, 0.1) is 0 Å². The number of terminal acetylenes is 1. The van der Waals surface area contributed by atoms with Gasteiger partial charge in [-0.3, -0.25) is 4.72 Å². The van der Waals surface area contributed by atoms with Crippen LogP contribution in [0.15, 0.2) is 35.6 Å². The lowest BCUT2D eigenvalue weighted by molar-refractivity contribution is 0.579. The van der Waals surface area contributed by atoms with Gasteiger partial charge in [-0.25, -0.2) is 18.3 Å². The van der Waals surface area contributed by atoms with E-state index in [1.807, 2.05) is 0 Å². The maximum absolute atomic E-state index is 13.5. The molecule has 0 amide bonds. The normalized spacial score (nSPS) is 10.7. The average molecular weight is 365 g/mol. The Kier molecular flexibility index (Phi) is 5.29. The molecule has 0 bridgehead atoms. The zero-order valence-electron chi connectivity index (χ0n) is 13.2. The highest BCUT2D eigenvalue weighted by Gasteiger charge is 2.24. The van der Waals surface area contributed by atoms with Crippen LogP contribution in [0.2, 0.25) is 0 Å². The van der Waals surface area contributed by atoms with Crippen molar-refractivity contribution in [3.63, 3.8) is 0 Å². The van der Waals surface area contributed by atoms with Crippen LogP contribution < -0.4 is 4.72 Å². The Bertz CT molecular complexity index is 1040. The zero-order valence-corrected chi connectivity index (χ0v) is 14.1. The first-order chi connectivity index (χ1) is 11.8. The van der Waals surface area contributed by atoms with Crippen LogP contribution >= 0.6 is 0 Å². The molecule has 0 unspecified atom stereocenters. The second-order valence-electron chi connectivity index (χ2n) is 4.70. The van der Waals surface area contributed by atoms with E-state index in [0.717, 1.165) is 22.7 Å². The number of hydrogen-bond acceptors (Lipinski definition) is 5. The van der Waals surface area contributed by atoms with E-state index in [0.29, 0.717) is 5.69 Å². The lowest BCUT2D eigenvalue weighted by atomic mass is 10.3. The molecule has 3 rings (SSSR count). The van der Waals surface area contributed by atoms with Crippen molar-refractivity contribution in [2.24, 2.45) is 0 Å². The fraction of sp³-hybridized carbons (Fsp3) is 0.133. The third kappa shape index (κ3) is 4.07. The summed E-state index contributed by atoms with van der Waals surface area (Å²) in [6, 6.07) is 4.60. The topological polar surface area (TPSA) is 89.3 Å². The van der Waals surface area contributed by atoms with Crippen molar-refractivity contribution in [3.05, 3.63) is 47.8 Å². The maximum atomic E-state index is 13.5. The lowest BCUT2D eigenvalue weighted by Crippen LogP contribution is -2.16. The van der Waals surface area contributed by atoms with E-state index in [2.05, 4.69) is 27.4 Å². The first-order valence-corrected chi connectivity index (χ1v) is 8.31. The molecule has 1 aromatic carbocycles. The number of rotatable bonds is 3. The number of halogens is 2. The van der Waals surface area contributed by atoms with Gasteiger partial charge in [0.25, 0.3) is 21.0 Å². The Labute approximate surface area is 142 Å². The molecule has 0 saturated heterocycles. The Morgan fingerprint density at radius 1 is 1.20 bits per heavy atom. The van der Waals surface area contributed by atoms with Crippen molar-refractivity contribution in [3.8, 4) is 12.3 Å². The number of sulfonamides is 1. The molecule has 0 aliphatic heterocycles. The summed E-state index contributed by atoms with van der Waals surface area (Å²) < 4.78 is 54.3. The van der Waals surface area contributed by atoms with Crippen LogP contribution in [-0.2, 0) is 10.0 Å². The van der Waals surface area contributed by atoms with Gasteiger partial charge in [-0.05, 0) is 32.0 Å². The summed E-state index contributed by atoms with van der Waals surface area (Å²) in [5, 5.41) is 3.10. The molecule has 25 heavy (non-hydrogen) atoms. The monoisotopic (exact) mass is 365 g/mol. The van der Waals surface area contributed by atoms with Crippen LogP contribution in [0.1, 0.15) is 12.6 Å². The van der Waals surface area contributed by atoms with Crippen LogP contribution in [-0.4, -0.2) is 28.0 Å². The average Bonchev–Trinajstić information content (AvgIpc) is 2.96. The number of aromatic nitrogens is 4. The summed E-state index contributed by atoms with van der Waals surface area (Å²) in [4.78, 5) is 7.75. The van der Waals surface area contributed by atoms with Crippen LogP contribution in [0.5, 0.6) is 0 Å². The van der Waals surface area contributed by atoms with Gasteiger partial charge in [0.15, 0.2) is 0 Å². The highest BCUT2D eigenvalue weighted by molar-refractivity contribution is 7.92. The van der Waals surface area contributed by atoms with Gasteiger partial charge in [0.1, 0.15) is 17.3 Å². The molecule has 0 saturated carbocycles. The van der Waals surface area contributed by atoms with Gasteiger partial charge in [-0.15, -0.1) is 17.4 Å².